The maximum atomic E-state index is 12.6. The molecule has 8 heteroatoms. The smallest absolute Gasteiger partial charge is 0.344 e. The summed E-state index contributed by atoms with van der Waals surface area (Å²) in [5.41, 5.74) is 0.615. The number of carbonyl (C=O) groups is 4. The Hall–Kier alpha value is -3.68. The highest BCUT2D eigenvalue weighted by Gasteiger charge is 2.35. The van der Waals surface area contributed by atoms with E-state index >= 15 is 0 Å². The summed E-state index contributed by atoms with van der Waals surface area (Å²) >= 11 is 0. The molecule has 2 aromatic carbocycles. The first-order valence-electron chi connectivity index (χ1n) is 10.2. The molecule has 1 aliphatic heterocycles. The van der Waals surface area contributed by atoms with E-state index in [4.69, 9.17) is 14.2 Å². The van der Waals surface area contributed by atoms with E-state index in [1.807, 2.05) is 0 Å². The van der Waals surface area contributed by atoms with E-state index in [9.17, 15) is 19.2 Å². The summed E-state index contributed by atoms with van der Waals surface area (Å²) in [5, 5.41) is 0. The predicted molar refractivity (Wildman–Crippen MR) is 114 cm³/mol. The average molecular weight is 439 g/mol. The van der Waals surface area contributed by atoms with Crippen LogP contribution in [0.3, 0.4) is 0 Å². The van der Waals surface area contributed by atoms with E-state index in [0.717, 1.165) is 4.90 Å². The number of amides is 2. The van der Waals surface area contributed by atoms with Crippen LogP contribution in [0.25, 0.3) is 0 Å². The van der Waals surface area contributed by atoms with E-state index in [0.29, 0.717) is 23.3 Å². The van der Waals surface area contributed by atoms with Gasteiger partial charge in [-0.1, -0.05) is 18.2 Å². The number of nitrogens with zero attached hydrogens (tertiary/aromatic N) is 1. The molecular formula is C24H25NO7. The molecule has 32 heavy (non-hydrogen) atoms. The van der Waals surface area contributed by atoms with Gasteiger partial charge in [-0.15, -0.1) is 0 Å². The van der Waals surface area contributed by atoms with Gasteiger partial charge in [0.25, 0.3) is 11.8 Å². The number of esters is 2. The Labute approximate surface area is 186 Å². The average Bonchev–Trinajstić information content (AvgIpc) is 2.97. The Bertz CT molecular complexity index is 1030. The fraction of sp³-hybridized carbons (Fsp3) is 0.333. The third-order valence-electron chi connectivity index (χ3n) is 4.52. The van der Waals surface area contributed by atoms with Crippen LogP contribution in [0.5, 0.6) is 5.75 Å². The minimum Gasteiger partial charge on any atom is -0.493 e. The summed E-state index contributed by atoms with van der Waals surface area (Å²) in [6.07, 6.45) is 0. The molecule has 1 aliphatic rings. The van der Waals surface area contributed by atoms with E-state index in [1.54, 1.807) is 64.1 Å². The Morgan fingerprint density at radius 2 is 1.59 bits per heavy atom. The van der Waals surface area contributed by atoms with Gasteiger partial charge in [-0.2, -0.15) is 0 Å². The SMILES string of the molecule is CCOc1ccc(CN2C(=O)c3ccccc3C2=O)cc1C(=O)OCC(=O)OC(C)(C)C. The van der Waals surface area contributed by atoms with E-state index < -0.39 is 36.0 Å². The van der Waals surface area contributed by atoms with Crippen molar-refractivity contribution in [2.24, 2.45) is 0 Å². The van der Waals surface area contributed by atoms with Gasteiger partial charge in [0.15, 0.2) is 6.61 Å². The fourth-order valence-corrected chi connectivity index (χ4v) is 3.25. The van der Waals surface area contributed by atoms with Crippen molar-refractivity contribution in [1.29, 1.82) is 0 Å². The van der Waals surface area contributed by atoms with E-state index in [1.165, 1.54) is 6.07 Å². The molecule has 3 rings (SSSR count). The zero-order valence-corrected chi connectivity index (χ0v) is 18.5. The molecule has 0 aromatic heterocycles. The van der Waals surface area contributed by atoms with Gasteiger partial charge in [-0.25, -0.2) is 9.59 Å². The monoisotopic (exact) mass is 439 g/mol. The normalized spacial score (nSPS) is 13.1. The molecule has 0 N–H and O–H groups in total. The van der Waals surface area contributed by atoms with Gasteiger partial charge in [0, 0.05) is 0 Å². The maximum Gasteiger partial charge on any atom is 0.344 e. The van der Waals surface area contributed by atoms with Gasteiger partial charge in [-0.3, -0.25) is 14.5 Å². The van der Waals surface area contributed by atoms with Crippen LogP contribution in [-0.2, 0) is 20.8 Å². The highest BCUT2D eigenvalue weighted by Crippen LogP contribution is 2.27. The zero-order valence-electron chi connectivity index (χ0n) is 18.5. The van der Waals surface area contributed by atoms with Crippen LogP contribution in [0.2, 0.25) is 0 Å². The van der Waals surface area contributed by atoms with E-state index in [-0.39, 0.29) is 17.9 Å². The third kappa shape index (κ3) is 5.14. The highest BCUT2D eigenvalue weighted by molar-refractivity contribution is 6.21. The number of imide groups is 1. The third-order valence-corrected chi connectivity index (χ3v) is 4.52. The summed E-state index contributed by atoms with van der Waals surface area (Å²) in [7, 11) is 0. The summed E-state index contributed by atoms with van der Waals surface area (Å²) in [6, 6.07) is 11.3. The second-order valence-electron chi connectivity index (χ2n) is 8.17. The zero-order chi connectivity index (χ0) is 23.5. The summed E-state index contributed by atoms with van der Waals surface area (Å²) in [4.78, 5) is 50.9. The van der Waals surface area contributed by atoms with Crippen LogP contribution < -0.4 is 4.74 Å². The number of hydrogen-bond donors (Lipinski definition) is 0. The minimum atomic E-state index is -0.775. The van der Waals surface area contributed by atoms with Crippen molar-refractivity contribution in [3.63, 3.8) is 0 Å². The van der Waals surface area contributed by atoms with Crippen LogP contribution in [-0.4, -0.2) is 47.5 Å². The minimum absolute atomic E-state index is 0.0227. The van der Waals surface area contributed by atoms with E-state index in [2.05, 4.69) is 0 Å². The molecule has 0 aliphatic carbocycles. The number of carbonyl (C=O) groups excluding carboxylic acids is 4. The van der Waals surface area contributed by atoms with Crippen molar-refractivity contribution in [2.75, 3.05) is 13.2 Å². The molecule has 0 atom stereocenters. The number of ether oxygens (including phenoxy) is 3. The molecule has 2 aromatic rings. The van der Waals surface area contributed by atoms with Gasteiger partial charge < -0.3 is 14.2 Å². The van der Waals surface area contributed by atoms with Gasteiger partial charge in [0.2, 0.25) is 0 Å². The summed E-state index contributed by atoms with van der Waals surface area (Å²) in [5.74, 6) is -1.97. The number of hydrogen-bond acceptors (Lipinski definition) is 7. The second-order valence-corrected chi connectivity index (χ2v) is 8.17. The number of fused-ring (bicyclic) bond motifs is 1. The predicted octanol–water partition coefficient (Wildman–Crippen LogP) is 3.38. The number of rotatable bonds is 7. The molecule has 0 saturated carbocycles. The van der Waals surface area contributed by atoms with Gasteiger partial charge in [0.05, 0.1) is 24.3 Å². The van der Waals surface area contributed by atoms with Crippen LogP contribution in [0.1, 0.15) is 64.3 Å². The highest BCUT2D eigenvalue weighted by atomic mass is 16.6. The molecule has 0 fully saturated rings. The van der Waals surface area contributed by atoms with Crippen molar-refractivity contribution < 1.29 is 33.4 Å². The first kappa shape index (κ1) is 23.0. The molecule has 0 radical (unpaired) electrons. The molecule has 0 saturated heterocycles. The van der Waals surface area contributed by atoms with Crippen LogP contribution >= 0.6 is 0 Å². The molecule has 8 nitrogen and oxygen atoms in total. The molecular weight excluding hydrogens is 414 g/mol. The molecule has 0 unspecified atom stereocenters. The lowest BCUT2D eigenvalue weighted by molar-refractivity contribution is -0.158. The Balaban J connectivity index is 1.78. The summed E-state index contributed by atoms with van der Waals surface area (Å²) < 4.78 is 15.7. The van der Waals surface area contributed by atoms with Crippen LogP contribution in [0, 0.1) is 0 Å². The Kier molecular flexibility index (Phi) is 6.62. The standard InChI is InChI=1S/C24H25NO7/c1-5-30-19-11-10-15(12-18(19)23(29)31-14-20(26)32-24(2,3)4)13-25-21(27)16-8-6-7-9-17(16)22(25)28/h6-12H,5,13-14H2,1-4H3. The molecule has 2 amide bonds. The van der Waals surface area contributed by atoms with Crippen molar-refractivity contribution in [3.05, 3.63) is 64.7 Å². The Morgan fingerprint density at radius 1 is 0.969 bits per heavy atom. The van der Waals surface area contributed by atoms with Crippen molar-refractivity contribution in [2.45, 2.75) is 39.8 Å². The molecule has 168 valence electrons. The lowest BCUT2D eigenvalue weighted by Crippen LogP contribution is -2.29. The summed E-state index contributed by atoms with van der Waals surface area (Å²) in [6.45, 7) is 6.63. The lowest BCUT2D eigenvalue weighted by atomic mass is 10.1. The van der Waals surface area contributed by atoms with Gasteiger partial charge in [-0.05, 0) is 57.5 Å². The van der Waals surface area contributed by atoms with Crippen molar-refractivity contribution >= 4 is 23.8 Å². The second kappa shape index (κ2) is 9.21. The van der Waals surface area contributed by atoms with Crippen molar-refractivity contribution in [1.82, 2.24) is 4.90 Å². The van der Waals surface area contributed by atoms with Crippen molar-refractivity contribution in [3.8, 4) is 5.75 Å². The van der Waals surface area contributed by atoms with Gasteiger partial charge >= 0.3 is 11.9 Å². The van der Waals surface area contributed by atoms with Crippen LogP contribution in [0.4, 0.5) is 0 Å². The van der Waals surface area contributed by atoms with Crippen LogP contribution in [0.15, 0.2) is 42.5 Å². The Morgan fingerprint density at radius 3 is 2.16 bits per heavy atom. The lowest BCUT2D eigenvalue weighted by Gasteiger charge is -2.19. The molecule has 1 heterocycles. The maximum absolute atomic E-state index is 12.6. The number of benzene rings is 2. The quantitative estimate of drug-likeness (QED) is 0.482. The topological polar surface area (TPSA) is 99.2 Å². The first-order valence-corrected chi connectivity index (χ1v) is 10.2. The molecule has 0 bridgehead atoms. The molecule has 0 spiro atoms. The largest absolute Gasteiger partial charge is 0.493 e. The first-order chi connectivity index (χ1) is 15.1. The fourth-order valence-electron chi connectivity index (χ4n) is 3.25. The van der Waals surface area contributed by atoms with Gasteiger partial charge in [0.1, 0.15) is 16.9 Å².